The molecule has 9 heteroatoms. The van der Waals surface area contributed by atoms with Crippen LogP contribution in [0, 0.1) is 0 Å². The smallest absolute Gasteiger partial charge is 0.267 e. The van der Waals surface area contributed by atoms with E-state index in [0.717, 1.165) is 27.3 Å². The van der Waals surface area contributed by atoms with Gasteiger partial charge >= 0.3 is 0 Å². The number of nitrogens with zero attached hydrogens (tertiary/aromatic N) is 5. The second-order valence-electron chi connectivity index (χ2n) is 6.45. The normalized spacial score (nSPS) is 19.1. The number of anilines is 1. The molecule has 2 unspecified atom stereocenters. The van der Waals surface area contributed by atoms with Crippen LogP contribution in [0.25, 0.3) is 21.5 Å². The number of aromatic nitrogens is 5. The van der Waals surface area contributed by atoms with Crippen molar-refractivity contribution in [2.24, 2.45) is 0 Å². The average Bonchev–Trinajstić information content (AvgIpc) is 3.39. The van der Waals surface area contributed by atoms with Crippen LogP contribution in [0.15, 0.2) is 59.2 Å². The summed E-state index contributed by atoms with van der Waals surface area (Å²) in [5.41, 5.74) is 1.46. The van der Waals surface area contributed by atoms with Crippen LogP contribution in [-0.2, 0) is 4.74 Å². The lowest BCUT2D eigenvalue weighted by Gasteiger charge is -2.21. The summed E-state index contributed by atoms with van der Waals surface area (Å²) in [5.74, 6) is 0.741. The highest BCUT2D eigenvalue weighted by Gasteiger charge is 2.32. The number of pyridine rings is 1. The van der Waals surface area contributed by atoms with Gasteiger partial charge in [0.25, 0.3) is 5.56 Å². The molecule has 140 valence electrons. The molecule has 1 N–H and O–H groups in total. The van der Waals surface area contributed by atoms with Gasteiger partial charge in [0.1, 0.15) is 23.0 Å². The summed E-state index contributed by atoms with van der Waals surface area (Å²) in [7, 11) is 0. The molecule has 8 nitrogen and oxygen atoms in total. The number of ether oxygens (including phenoxy) is 1. The Morgan fingerprint density at radius 1 is 1.11 bits per heavy atom. The van der Waals surface area contributed by atoms with Crippen LogP contribution >= 0.6 is 11.3 Å². The summed E-state index contributed by atoms with van der Waals surface area (Å²) in [6, 6.07) is 8.62. The third kappa shape index (κ3) is 3.04. The number of hydrogen-bond donors (Lipinski definition) is 1. The standard InChI is InChI=1S/C19H16N6O2S/c26-17-2-1-14(12-3-6-20-7-4-12)24-25(17)16-10-27-9-15(16)23-18-13-5-8-28-19(13)22-11-21-18/h1-8,11,15-16H,9-10H2,(H,21,22,23). The second kappa shape index (κ2) is 7.10. The summed E-state index contributed by atoms with van der Waals surface area (Å²) in [6.45, 7) is 0.871. The number of rotatable bonds is 4. The van der Waals surface area contributed by atoms with Crippen molar-refractivity contribution in [1.29, 1.82) is 0 Å². The Morgan fingerprint density at radius 2 is 2.00 bits per heavy atom. The molecule has 5 rings (SSSR count). The molecule has 1 saturated heterocycles. The molecule has 4 aromatic heterocycles. The van der Waals surface area contributed by atoms with Gasteiger partial charge in [-0.15, -0.1) is 11.3 Å². The number of hydrogen-bond acceptors (Lipinski definition) is 8. The van der Waals surface area contributed by atoms with Crippen LogP contribution in [0.4, 0.5) is 5.82 Å². The molecule has 4 aromatic rings. The van der Waals surface area contributed by atoms with Crippen LogP contribution in [0.2, 0.25) is 0 Å². The molecule has 0 aliphatic carbocycles. The first-order valence-corrected chi connectivity index (χ1v) is 9.70. The minimum absolute atomic E-state index is 0.129. The fourth-order valence-electron chi connectivity index (χ4n) is 3.34. The van der Waals surface area contributed by atoms with E-state index >= 15 is 0 Å². The van der Waals surface area contributed by atoms with Crippen molar-refractivity contribution < 1.29 is 4.74 Å². The van der Waals surface area contributed by atoms with Crippen LogP contribution < -0.4 is 10.9 Å². The molecule has 0 aromatic carbocycles. The van der Waals surface area contributed by atoms with Crippen molar-refractivity contribution in [3.8, 4) is 11.3 Å². The zero-order chi connectivity index (χ0) is 18.9. The monoisotopic (exact) mass is 392 g/mol. The van der Waals surface area contributed by atoms with E-state index in [1.807, 2.05) is 23.6 Å². The van der Waals surface area contributed by atoms with Crippen LogP contribution in [0.3, 0.4) is 0 Å². The van der Waals surface area contributed by atoms with Crippen molar-refractivity contribution in [2.45, 2.75) is 12.1 Å². The molecular formula is C19H16N6O2S. The average molecular weight is 392 g/mol. The van der Waals surface area contributed by atoms with E-state index in [0.29, 0.717) is 13.2 Å². The van der Waals surface area contributed by atoms with Crippen molar-refractivity contribution in [3.63, 3.8) is 0 Å². The highest BCUT2D eigenvalue weighted by atomic mass is 32.1. The van der Waals surface area contributed by atoms with Crippen LogP contribution in [-0.4, -0.2) is 44.0 Å². The molecule has 0 radical (unpaired) electrons. The molecule has 0 amide bonds. The lowest BCUT2D eigenvalue weighted by molar-refractivity contribution is 0.183. The highest BCUT2D eigenvalue weighted by Crippen LogP contribution is 2.28. The Morgan fingerprint density at radius 3 is 2.89 bits per heavy atom. The number of thiophene rings is 1. The minimum Gasteiger partial charge on any atom is -0.377 e. The molecule has 1 fully saturated rings. The summed E-state index contributed by atoms with van der Waals surface area (Å²) in [6.07, 6.45) is 4.95. The van der Waals surface area contributed by atoms with Gasteiger partial charge in [-0.3, -0.25) is 9.78 Å². The van der Waals surface area contributed by atoms with Gasteiger partial charge in [-0.05, 0) is 29.6 Å². The van der Waals surface area contributed by atoms with E-state index in [-0.39, 0.29) is 17.6 Å². The summed E-state index contributed by atoms with van der Waals surface area (Å²) < 4.78 is 7.18. The quantitative estimate of drug-likeness (QED) is 0.570. The van der Waals surface area contributed by atoms with E-state index in [1.54, 1.807) is 42.2 Å². The van der Waals surface area contributed by atoms with Gasteiger partial charge in [0.05, 0.1) is 30.3 Å². The van der Waals surface area contributed by atoms with Crippen LogP contribution in [0.5, 0.6) is 0 Å². The van der Waals surface area contributed by atoms with E-state index < -0.39 is 0 Å². The zero-order valence-corrected chi connectivity index (χ0v) is 15.5. The van der Waals surface area contributed by atoms with Gasteiger partial charge in [-0.25, -0.2) is 14.6 Å². The Kier molecular flexibility index (Phi) is 4.30. The largest absolute Gasteiger partial charge is 0.377 e. The fraction of sp³-hybridized carbons (Fsp3) is 0.211. The molecule has 28 heavy (non-hydrogen) atoms. The molecule has 0 spiro atoms. The Labute approximate surface area is 163 Å². The number of nitrogens with one attached hydrogen (secondary N) is 1. The molecule has 5 heterocycles. The Balaban J connectivity index is 1.49. The molecule has 2 atom stereocenters. The molecule has 1 aliphatic heterocycles. The summed E-state index contributed by atoms with van der Waals surface area (Å²) >= 11 is 1.56. The highest BCUT2D eigenvalue weighted by molar-refractivity contribution is 7.16. The summed E-state index contributed by atoms with van der Waals surface area (Å²) in [4.78, 5) is 26.1. The van der Waals surface area contributed by atoms with Crippen molar-refractivity contribution in [3.05, 3.63) is 64.8 Å². The zero-order valence-electron chi connectivity index (χ0n) is 14.7. The lowest BCUT2D eigenvalue weighted by atomic mass is 10.1. The van der Waals surface area contributed by atoms with Gasteiger partial charge in [-0.2, -0.15) is 5.10 Å². The lowest BCUT2D eigenvalue weighted by Crippen LogP contribution is -2.37. The first kappa shape index (κ1) is 17.0. The molecular weight excluding hydrogens is 376 g/mol. The van der Waals surface area contributed by atoms with E-state index in [1.165, 1.54) is 4.68 Å². The van der Waals surface area contributed by atoms with Gasteiger partial charge in [-0.1, -0.05) is 0 Å². The first-order chi connectivity index (χ1) is 13.8. The predicted molar refractivity (Wildman–Crippen MR) is 106 cm³/mol. The maximum absolute atomic E-state index is 12.5. The van der Waals surface area contributed by atoms with Crippen molar-refractivity contribution in [2.75, 3.05) is 18.5 Å². The SMILES string of the molecule is O=c1ccc(-c2ccncc2)nn1C1COCC1Nc1ncnc2sccc12. The van der Waals surface area contributed by atoms with Gasteiger partial charge in [0.15, 0.2) is 0 Å². The predicted octanol–water partition coefficient (Wildman–Crippen LogP) is 2.36. The van der Waals surface area contributed by atoms with Gasteiger partial charge in [0.2, 0.25) is 0 Å². The summed E-state index contributed by atoms with van der Waals surface area (Å²) in [5, 5.41) is 11.0. The topological polar surface area (TPSA) is 94.8 Å². The molecule has 1 aliphatic rings. The maximum Gasteiger partial charge on any atom is 0.267 e. The second-order valence-corrected chi connectivity index (χ2v) is 7.35. The van der Waals surface area contributed by atoms with Crippen molar-refractivity contribution >= 4 is 27.4 Å². The van der Waals surface area contributed by atoms with Gasteiger partial charge < -0.3 is 10.1 Å². The van der Waals surface area contributed by atoms with Gasteiger partial charge in [0, 0.05) is 24.0 Å². The third-order valence-electron chi connectivity index (χ3n) is 4.75. The van der Waals surface area contributed by atoms with Crippen molar-refractivity contribution in [1.82, 2.24) is 24.7 Å². The fourth-order valence-corrected chi connectivity index (χ4v) is 4.07. The Bertz CT molecular complexity index is 1180. The third-order valence-corrected chi connectivity index (χ3v) is 5.57. The first-order valence-electron chi connectivity index (χ1n) is 8.82. The van der Waals surface area contributed by atoms with E-state index in [9.17, 15) is 4.79 Å². The Hall–Kier alpha value is -3.17. The number of fused-ring (bicyclic) bond motifs is 1. The minimum atomic E-state index is -0.238. The maximum atomic E-state index is 12.5. The molecule has 0 saturated carbocycles. The van der Waals surface area contributed by atoms with E-state index in [2.05, 4.69) is 25.4 Å². The molecule has 0 bridgehead atoms. The van der Waals surface area contributed by atoms with E-state index in [4.69, 9.17) is 4.74 Å². The van der Waals surface area contributed by atoms with Crippen LogP contribution in [0.1, 0.15) is 6.04 Å².